The number of hydrogen-bond donors (Lipinski definition) is 0. The monoisotopic (exact) mass is 2450 g/mol. The number of carbonyl (C=O) groups excluding carboxylic acids is 2. The van der Waals surface area contributed by atoms with Crippen molar-refractivity contribution >= 4 is 11.9 Å². The largest absolute Gasteiger partial charge is 0.498 e. The molecule has 0 aromatic rings. The van der Waals surface area contributed by atoms with E-state index in [1.54, 1.807) is 14.2 Å². The Balaban J connectivity index is 6.64. The zero-order chi connectivity index (χ0) is 121. The van der Waals surface area contributed by atoms with Gasteiger partial charge in [-0.25, -0.2) is 128 Å². The summed E-state index contributed by atoms with van der Waals surface area (Å²) in [6.07, 6.45) is -320. The Morgan fingerprint density at radius 2 is 0.188 bits per heavy atom. The summed E-state index contributed by atoms with van der Waals surface area (Å²) in [6, 6.07) is 0. The zero-order valence-electron chi connectivity index (χ0n) is 64.0. The fraction of sp³-hybridized carbons (Fsp3) is 0.955. The minimum atomic E-state index is -9.19. The molecular formula is C44H10F76O29. The van der Waals surface area contributed by atoms with Crippen molar-refractivity contribution in [1.29, 1.82) is 0 Å². The maximum Gasteiger partial charge on any atom is 0.498 e. The van der Waals surface area contributed by atoms with Crippen LogP contribution in [0.2, 0.25) is 0 Å². The Morgan fingerprint density at radius 1 is 0.114 bits per heavy atom. The van der Waals surface area contributed by atoms with Gasteiger partial charge in [0.1, 0.15) is 0 Å². The molecule has 0 aromatic carbocycles. The third-order valence-corrected chi connectivity index (χ3v) is 11.3. The van der Waals surface area contributed by atoms with Crippen LogP contribution >= 0.6 is 0 Å². The molecule has 29 nitrogen and oxygen atoms in total. The van der Waals surface area contributed by atoms with E-state index in [2.05, 4.69) is 9.47 Å². The van der Waals surface area contributed by atoms with Crippen molar-refractivity contribution in [3.05, 3.63) is 0 Å². The standard InChI is InChI=1S/C44H10F76O29/c1-3-123-5(121)7(45,46)125-9(49,50)10(51,52)127-11(53,54)12(55,56)128-13(57,58)14(59,60)129-15(61,62)16(63,64)130-17(65,66)18(67,68)131-19(69,70)20(71,72)132-21(73,74)22(75,76)133-23(77,78)24(79,80)134-25(81,82)26(83,84)135-27(85,86)28(87,88)136-29(89,90)30(91,92)137-31(93,94)32(95,96)138-34(99,100)140-36(103,104)142-38(107,108)144-40(111,112)146-42(115,116)148-44(119,120)149-43(117,118)147-41(113,114)145-39(109,110)143-37(105,106)141-35(101,102)139-33(97,98)126-8(47,48)6(122)124-4-2/h3-4H2,1-2H3. The maximum atomic E-state index is 14.0. The van der Waals surface area contributed by atoms with Crippen molar-refractivity contribution in [2.45, 2.75) is 248 Å². The van der Waals surface area contributed by atoms with Gasteiger partial charge >= 0.3 is 246 Å². The normalized spacial score (nSPS) is 16.4. The number of rotatable bonds is 66. The molecule has 105 heteroatoms. The molecule has 0 rings (SSSR count). The van der Waals surface area contributed by atoms with Crippen molar-refractivity contribution in [2.24, 2.45) is 0 Å². The van der Waals surface area contributed by atoms with Crippen LogP contribution in [-0.2, 0) is 137 Å². The number of esters is 2. The second-order valence-corrected chi connectivity index (χ2v) is 23.0. The molecule has 892 valence electrons. The molecule has 0 bridgehead atoms. The number of ether oxygens (including phenoxy) is 27. The summed E-state index contributed by atoms with van der Waals surface area (Å²) in [7, 11) is 0. The average Bonchev–Trinajstić information content (AvgIpc) is 0.738. The molecule has 0 N–H and O–H groups in total. The predicted molar refractivity (Wildman–Crippen MR) is 248 cm³/mol. The minimum absolute atomic E-state index is 0.448. The molecule has 0 amide bonds. The molecule has 0 spiro atoms. The van der Waals surface area contributed by atoms with E-state index < -0.39 is 260 Å². The van der Waals surface area contributed by atoms with Gasteiger partial charge in [-0.2, -0.15) is 228 Å². The maximum absolute atomic E-state index is 14.0. The van der Waals surface area contributed by atoms with Gasteiger partial charge < -0.3 is 9.47 Å². The molecule has 0 aliphatic heterocycles. The van der Waals surface area contributed by atoms with Crippen LogP contribution in [0.1, 0.15) is 13.8 Å². The van der Waals surface area contributed by atoms with Crippen LogP contribution < -0.4 is 0 Å². The number of halogens is 76. The van der Waals surface area contributed by atoms with Crippen LogP contribution in [0.5, 0.6) is 0 Å². The van der Waals surface area contributed by atoms with Crippen LogP contribution in [0, 0.1) is 0 Å². The van der Waals surface area contributed by atoms with Gasteiger partial charge in [-0.05, 0) is 13.8 Å². The highest BCUT2D eigenvalue weighted by molar-refractivity contribution is 5.76. The van der Waals surface area contributed by atoms with Gasteiger partial charge in [0, 0.05) is 0 Å². The van der Waals surface area contributed by atoms with Crippen LogP contribution in [0.4, 0.5) is 334 Å². The van der Waals surface area contributed by atoms with Crippen LogP contribution in [-0.4, -0.2) is 260 Å². The van der Waals surface area contributed by atoms with Gasteiger partial charge in [0.25, 0.3) is 0 Å². The fourth-order valence-corrected chi connectivity index (χ4v) is 5.94. The minimum Gasteiger partial charge on any atom is -0.460 e. The number of hydrogen-bond acceptors (Lipinski definition) is 29. The molecule has 0 unspecified atom stereocenters. The lowest BCUT2D eigenvalue weighted by Gasteiger charge is -2.38. The Labute approximate surface area is 745 Å². The highest BCUT2D eigenvalue weighted by Gasteiger charge is 2.87. The summed E-state index contributed by atoms with van der Waals surface area (Å²) in [6.45, 7) is -1.58. The van der Waals surface area contributed by atoms with Gasteiger partial charge in [-0.3, -0.25) is 0 Å². The van der Waals surface area contributed by atoms with E-state index in [1.807, 2.05) is 4.74 Å². The predicted octanol–water partition coefficient (Wildman–Crippen LogP) is 22.5. The SMILES string of the molecule is CCOC(=O)C(F)(F)OC(F)(F)OC(F)(F)OC(F)(F)OC(F)(F)OC(F)(F)OC(F)(F)OC(F)(F)OC(F)(F)OC(F)(F)OC(F)(F)OC(F)(F)OC(F)(F)OC(F)(F)C(F)(F)OC(F)(F)C(F)(F)OC(F)(F)C(F)(F)OC(F)(F)C(F)(F)OC(F)(F)C(F)(F)OC(F)(F)C(F)(F)OC(F)(F)C(F)(F)OC(F)(F)C(F)(F)OC(F)(F)C(F)(F)OC(F)(F)C(F)(F)OC(F)(F)C(F)(F)OC(F)(F)C(F)(F)OC(F)(F)C(=O)OCC. The van der Waals surface area contributed by atoms with Gasteiger partial charge in [-0.1, -0.05) is 0 Å². The molecular weight excluding hydrogens is 2440 g/mol. The highest BCUT2D eigenvalue weighted by Crippen LogP contribution is 2.61. The second-order valence-electron chi connectivity index (χ2n) is 23.0. The third kappa shape index (κ3) is 37.4. The summed E-state index contributed by atoms with van der Waals surface area (Å²) >= 11 is 0. The number of carbonyl (C=O) groups is 2. The van der Waals surface area contributed by atoms with Crippen LogP contribution in [0.3, 0.4) is 0 Å². The first-order valence-corrected chi connectivity index (χ1v) is 30.9. The molecule has 0 saturated carbocycles. The summed E-state index contributed by atoms with van der Waals surface area (Å²) in [5.41, 5.74) is 0. The first kappa shape index (κ1) is 142. The van der Waals surface area contributed by atoms with Gasteiger partial charge in [0.05, 0.1) is 13.2 Å². The topological polar surface area (TPSA) is 283 Å². The van der Waals surface area contributed by atoms with Gasteiger partial charge in [0.15, 0.2) is 0 Å². The summed E-state index contributed by atoms with van der Waals surface area (Å²) in [5, 5.41) is 0. The molecule has 0 aliphatic rings. The van der Waals surface area contributed by atoms with Gasteiger partial charge in [-0.15, -0.1) is 105 Å². The molecule has 0 aliphatic carbocycles. The van der Waals surface area contributed by atoms with Crippen molar-refractivity contribution in [1.82, 2.24) is 0 Å². The zero-order valence-corrected chi connectivity index (χ0v) is 64.0. The van der Waals surface area contributed by atoms with Gasteiger partial charge in [0.2, 0.25) is 0 Å². The van der Waals surface area contributed by atoms with Crippen molar-refractivity contribution in [3.63, 3.8) is 0 Å². The smallest absolute Gasteiger partial charge is 0.460 e. The summed E-state index contributed by atoms with van der Waals surface area (Å²) in [4.78, 5) is 21.6. The molecule has 0 saturated heterocycles. The first-order chi connectivity index (χ1) is 63.6. The van der Waals surface area contributed by atoms with E-state index in [0.717, 1.165) is 42.6 Å². The third-order valence-electron chi connectivity index (χ3n) is 11.3. The molecule has 0 heterocycles. The first-order valence-electron chi connectivity index (χ1n) is 30.9. The average molecular weight is 2450 g/mol. The molecule has 0 atom stereocenters. The van der Waals surface area contributed by atoms with E-state index in [-0.39, 0.29) is 0 Å². The molecule has 149 heavy (non-hydrogen) atoms. The molecule has 0 fully saturated rings. The Kier molecular flexibility index (Phi) is 39.9. The van der Waals surface area contributed by atoms with Crippen molar-refractivity contribution in [3.8, 4) is 0 Å². The van der Waals surface area contributed by atoms with E-state index in [0.29, 0.717) is 32.8 Å². The second kappa shape index (κ2) is 42.0. The lowest BCUT2D eigenvalue weighted by molar-refractivity contribution is -0.655. The fourth-order valence-electron chi connectivity index (χ4n) is 5.94. The molecule has 0 aromatic heterocycles. The Bertz CT molecular complexity index is 4400. The lowest BCUT2D eigenvalue weighted by Crippen LogP contribution is -2.63. The van der Waals surface area contributed by atoms with Crippen molar-refractivity contribution in [2.75, 3.05) is 13.2 Å². The van der Waals surface area contributed by atoms with E-state index in [4.69, 9.17) is 0 Å². The Hall–Kier alpha value is -7.38. The number of alkyl halides is 76. The summed E-state index contributed by atoms with van der Waals surface area (Å²) < 4.78 is 1080. The van der Waals surface area contributed by atoms with E-state index in [9.17, 15) is 343 Å². The quantitative estimate of drug-likeness (QED) is 0.0311. The van der Waals surface area contributed by atoms with Crippen LogP contribution in [0.25, 0.3) is 0 Å². The molecule has 0 radical (unpaired) electrons. The van der Waals surface area contributed by atoms with Crippen LogP contribution in [0.15, 0.2) is 0 Å². The van der Waals surface area contributed by atoms with E-state index in [1.165, 1.54) is 37.9 Å². The summed E-state index contributed by atoms with van der Waals surface area (Å²) in [5.74, 6) is -6.86. The van der Waals surface area contributed by atoms with Crippen molar-refractivity contribution < 1.29 is 471 Å². The van der Waals surface area contributed by atoms with E-state index >= 15 is 0 Å². The lowest BCUT2D eigenvalue weighted by atomic mass is 10.4. The Morgan fingerprint density at radius 3 is 0.289 bits per heavy atom. The highest BCUT2D eigenvalue weighted by atomic mass is 19.4.